The smallest absolute Gasteiger partial charge is 0.206 e. The number of nitrogens with one attached hydrogen (secondary N) is 2. The number of rotatable bonds is 2. The SMILES string of the molecule is CC(C)NC(=NC1CCc2ccccc21)NN. The first-order valence-corrected chi connectivity index (χ1v) is 6.09. The fraction of sp³-hybridized carbons (Fsp3) is 0.462. The number of aliphatic imine (C=N–C) groups is 1. The molecule has 0 bridgehead atoms. The van der Waals surface area contributed by atoms with Gasteiger partial charge in [-0.3, -0.25) is 5.43 Å². The van der Waals surface area contributed by atoms with E-state index in [0.717, 1.165) is 12.8 Å². The van der Waals surface area contributed by atoms with Crippen molar-refractivity contribution in [1.82, 2.24) is 10.7 Å². The molecule has 0 saturated heterocycles. The summed E-state index contributed by atoms with van der Waals surface area (Å²) in [5.41, 5.74) is 5.36. The fourth-order valence-electron chi connectivity index (χ4n) is 2.21. The lowest BCUT2D eigenvalue weighted by atomic mass is 10.1. The van der Waals surface area contributed by atoms with Crippen molar-refractivity contribution in [2.24, 2.45) is 10.8 Å². The van der Waals surface area contributed by atoms with Gasteiger partial charge in [-0.1, -0.05) is 24.3 Å². The van der Waals surface area contributed by atoms with Gasteiger partial charge in [0.25, 0.3) is 0 Å². The molecule has 1 aromatic rings. The van der Waals surface area contributed by atoms with Crippen LogP contribution in [0.4, 0.5) is 0 Å². The van der Waals surface area contributed by atoms with Crippen molar-refractivity contribution < 1.29 is 0 Å². The van der Waals surface area contributed by atoms with Crippen LogP contribution in [0.1, 0.15) is 37.4 Å². The number of aryl methyl sites for hydroxylation is 1. The minimum atomic E-state index is 0.225. The third-order valence-electron chi connectivity index (χ3n) is 2.95. The van der Waals surface area contributed by atoms with Crippen molar-refractivity contribution in [2.45, 2.75) is 38.8 Å². The minimum Gasteiger partial charge on any atom is -0.353 e. The molecule has 0 radical (unpaired) electrons. The number of nitrogens with two attached hydrogens (primary N) is 1. The standard InChI is InChI=1S/C13H20N4/c1-9(2)15-13(17-14)16-12-8-7-10-5-3-4-6-11(10)12/h3-6,9,12H,7-8,14H2,1-2H3,(H2,15,16,17). The molecule has 1 aromatic carbocycles. The van der Waals surface area contributed by atoms with E-state index in [2.05, 4.69) is 53.8 Å². The van der Waals surface area contributed by atoms with Crippen LogP contribution in [-0.2, 0) is 6.42 Å². The highest BCUT2D eigenvalue weighted by atomic mass is 15.3. The first-order chi connectivity index (χ1) is 8.20. The first-order valence-electron chi connectivity index (χ1n) is 6.09. The zero-order valence-electron chi connectivity index (χ0n) is 10.4. The zero-order chi connectivity index (χ0) is 12.3. The number of hydrazine groups is 1. The molecule has 0 heterocycles. The Hall–Kier alpha value is -1.55. The summed E-state index contributed by atoms with van der Waals surface area (Å²) in [4.78, 5) is 4.64. The topological polar surface area (TPSA) is 62.4 Å². The lowest BCUT2D eigenvalue weighted by Gasteiger charge is -2.14. The molecule has 0 saturated carbocycles. The third-order valence-corrected chi connectivity index (χ3v) is 2.95. The van der Waals surface area contributed by atoms with E-state index in [9.17, 15) is 0 Å². The van der Waals surface area contributed by atoms with Crippen LogP contribution in [0.3, 0.4) is 0 Å². The molecular weight excluding hydrogens is 212 g/mol. The van der Waals surface area contributed by atoms with E-state index < -0.39 is 0 Å². The molecule has 0 fully saturated rings. The molecule has 4 heteroatoms. The molecule has 17 heavy (non-hydrogen) atoms. The maximum absolute atomic E-state index is 5.48. The monoisotopic (exact) mass is 232 g/mol. The molecule has 4 N–H and O–H groups in total. The van der Waals surface area contributed by atoms with Crippen LogP contribution in [0.2, 0.25) is 0 Å². The van der Waals surface area contributed by atoms with Gasteiger partial charge in [-0.2, -0.15) is 0 Å². The maximum atomic E-state index is 5.48. The summed E-state index contributed by atoms with van der Waals surface area (Å²) in [5, 5.41) is 3.20. The predicted molar refractivity (Wildman–Crippen MR) is 70.5 cm³/mol. The third kappa shape index (κ3) is 2.77. The van der Waals surface area contributed by atoms with Crippen LogP contribution in [0.5, 0.6) is 0 Å². The number of guanidine groups is 1. The second-order valence-corrected chi connectivity index (χ2v) is 4.67. The molecule has 2 rings (SSSR count). The van der Waals surface area contributed by atoms with E-state index in [4.69, 9.17) is 5.84 Å². The van der Waals surface area contributed by atoms with Gasteiger partial charge in [0.2, 0.25) is 5.96 Å². The Morgan fingerprint density at radius 1 is 1.41 bits per heavy atom. The van der Waals surface area contributed by atoms with Crippen molar-refractivity contribution in [3.8, 4) is 0 Å². The molecule has 92 valence electrons. The lowest BCUT2D eigenvalue weighted by Crippen LogP contribution is -2.44. The van der Waals surface area contributed by atoms with Gasteiger partial charge >= 0.3 is 0 Å². The fourth-order valence-corrected chi connectivity index (χ4v) is 2.21. The summed E-state index contributed by atoms with van der Waals surface area (Å²) >= 11 is 0. The van der Waals surface area contributed by atoms with Gasteiger partial charge in [0, 0.05) is 6.04 Å². The number of nitrogens with zero attached hydrogens (tertiary/aromatic N) is 1. The Morgan fingerprint density at radius 3 is 2.88 bits per heavy atom. The summed E-state index contributed by atoms with van der Waals surface area (Å²) in [6.07, 6.45) is 2.16. The van der Waals surface area contributed by atoms with E-state index in [-0.39, 0.29) is 6.04 Å². The van der Waals surface area contributed by atoms with Gasteiger partial charge < -0.3 is 5.32 Å². The highest BCUT2D eigenvalue weighted by Gasteiger charge is 2.21. The second-order valence-electron chi connectivity index (χ2n) is 4.67. The molecule has 4 nitrogen and oxygen atoms in total. The van der Waals surface area contributed by atoms with E-state index in [1.165, 1.54) is 11.1 Å². The summed E-state index contributed by atoms with van der Waals surface area (Å²) in [7, 11) is 0. The van der Waals surface area contributed by atoms with E-state index in [0.29, 0.717) is 12.0 Å². The number of hydrogen-bond donors (Lipinski definition) is 3. The van der Waals surface area contributed by atoms with Crippen molar-refractivity contribution in [2.75, 3.05) is 0 Å². The maximum Gasteiger partial charge on any atom is 0.206 e. The molecule has 0 amide bonds. The van der Waals surface area contributed by atoms with Crippen molar-refractivity contribution in [3.63, 3.8) is 0 Å². The van der Waals surface area contributed by atoms with E-state index >= 15 is 0 Å². The summed E-state index contributed by atoms with van der Waals surface area (Å²) in [5.74, 6) is 6.14. The molecule has 1 aliphatic carbocycles. The van der Waals surface area contributed by atoms with E-state index in [1.807, 2.05) is 0 Å². The van der Waals surface area contributed by atoms with Gasteiger partial charge in [0.15, 0.2) is 0 Å². The Morgan fingerprint density at radius 2 is 2.18 bits per heavy atom. The van der Waals surface area contributed by atoms with Gasteiger partial charge in [0.05, 0.1) is 6.04 Å². The molecule has 0 aliphatic heterocycles. The number of benzene rings is 1. The van der Waals surface area contributed by atoms with E-state index in [1.54, 1.807) is 0 Å². The summed E-state index contributed by atoms with van der Waals surface area (Å²) < 4.78 is 0. The van der Waals surface area contributed by atoms with Crippen LogP contribution >= 0.6 is 0 Å². The van der Waals surface area contributed by atoms with Crippen molar-refractivity contribution in [3.05, 3.63) is 35.4 Å². The highest BCUT2D eigenvalue weighted by molar-refractivity contribution is 5.79. The average molecular weight is 232 g/mol. The van der Waals surface area contributed by atoms with Crippen LogP contribution in [0, 0.1) is 0 Å². The van der Waals surface area contributed by atoms with Crippen LogP contribution < -0.4 is 16.6 Å². The summed E-state index contributed by atoms with van der Waals surface area (Å²) in [6, 6.07) is 9.03. The molecule has 1 unspecified atom stereocenters. The summed E-state index contributed by atoms with van der Waals surface area (Å²) in [6.45, 7) is 4.13. The zero-order valence-corrected chi connectivity index (χ0v) is 10.4. The Kier molecular flexibility index (Phi) is 3.64. The average Bonchev–Trinajstić information content (AvgIpc) is 2.71. The Bertz CT molecular complexity index is 412. The highest BCUT2D eigenvalue weighted by Crippen LogP contribution is 2.33. The van der Waals surface area contributed by atoms with Crippen LogP contribution in [-0.4, -0.2) is 12.0 Å². The Balaban J connectivity index is 2.17. The van der Waals surface area contributed by atoms with Gasteiger partial charge in [-0.25, -0.2) is 10.8 Å². The minimum absolute atomic E-state index is 0.225. The van der Waals surface area contributed by atoms with Gasteiger partial charge in [-0.05, 0) is 37.8 Å². The molecule has 1 aliphatic rings. The van der Waals surface area contributed by atoms with Crippen LogP contribution in [0.15, 0.2) is 29.3 Å². The second kappa shape index (κ2) is 5.19. The Labute approximate surface area is 102 Å². The molecule has 0 aromatic heterocycles. The van der Waals surface area contributed by atoms with Gasteiger partial charge in [0.1, 0.15) is 0 Å². The number of hydrogen-bond acceptors (Lipinski definition) is 2. The lowest BCUT2D eigenvalue weighted by molar-refractivity contribution is 0.665. The van der Waals surface area contributed by atoms with Crippen LogP contribution in [0.25, 0.3) is 0 Å². The largest absolute Gasteiger partial charge is 0.353 e. The molecular formula is C13H20N4. The molecule has 0 spiro atoms. The molecule has 1 atom stereocenters. The normalized spacial score (nSPS) is 19.3. The predicted octanol–water partition coefficient (Wildman–Crippen LogP) is 1.49. The first kappa shape index (κ1) is 11.9. The van der Waals surface area contributed by atoms with Gasteiger partial charge in [-0.15, -0.1) is 0 Å². The quantitative estimate of drug-likeness (QED) is 0.313. The van der Waals surface area contributed by atoms with Crippen molar-refractivity contribution >= 4 is 5.96 Å². The van der Waals surface area contributed by atoms with Crippen molar-refractivity contribution in [1.29, 1.82) is 0 Å². The number of fused-ring (bicyclic) bond motifs is 1.